The van der Waals surface area contributed by atoms with Gasteiger partial charge in [0.1, 0.15) is 0 Å². The van der Waals surface area contributed by atoms with E-state index in [1.54, 1.807) is 0 Å². The third kappa shape index (κ3) is 3.12. The van der Waals surface area contributed by atoms with E-state index in [0.717, 1.165) is 22.4 Å². The van der Waals surface area contributed by atoms with Crippen LogP contribution in [0.5, 0.6) is 0 Å². The minimum Gasteiger partial charge on any atom is -0.313 e. The van der Waals surface area contributed by atoms with Crippen molar-refractivity contribution in [2.24, 2.45) is 0 Å². The number of nitrogens with zero attached hydrogens (tertiary/aromatic N) is 1. The summed E-state index contributed by atoms with van der Waals surface area (Å²) in [7, 11) is 0. The van der Waals surface area contributed by atoms with Crippen LogP contribution in [0.4, 0.5) is 0 Å². The number of halogens is 1. The molecule has 0 spiro atoms. The van der Waals surface area contributed by atoms with E-state index in [0.29, 0.717) is 22.7 Å². The molecule has 140 valence electrons. The van der Waals surface area contributed by atoms with Gasteiger partial charge in [-0.25, -0.2) is 0 Å². The molecule has 0 saturated heterocycles. The Balaban J connectivity index is 1.66. The summed E-state index contributed by atoms with van der Waals surface area (Å²) in [6, 6.07) is 25.7. The van der Waals surface area contributed by atoms with Crippen molar-refractivity contribution in [2.75, 3.05) is 0 Å². The average molecular weight is 396 g/mol. The Morgan fingerprint density at radius 2 is 1.59 bits per heavy atom. The molecule has 2 nitrogen and oxygen atoms in total. The molecule has 0 unspecified atom stereocenters. The van der Waals surface area contributed by atoms with Crippen LogP contribution in [0.3, 0.4) is 0 Å². The monoisotopic (exact) mass is 395 g/mol. The van der Waals surface area contributed by atoms with Crippen molar-refractivity contribution in [3.05, 3.63) is 124 Å². The van der Waals surface area contributed by atoms with Crippen LogP contribution in [0.1, 0.15) is 33.5 Å². The summed E-state index contributed by atoms with van der Waals surface area (Å²) >= 11 is 6.11. The van der Waals surface area contributed by atoms with E-state index >= 15 is 0 Å². The lowest BCUT2D eigenvalue weighted by Crippen LogP contribution is -2.27. The second-order valence-electron chi connectivity index (χ2n) is 7.10. The van der Waals surface area contributed by atoms with Crippen LogP contribution in [-0.4, -0.2) is 10.7 Å². The van der Waals surface area contributed by atoms with E-state index in [9.17, 15) is 4.79 Å². The highest BCUT2D eigenvalue weighted by atomic mass is 35.5. The van der Waals surface area contributed by atoms with Gasteiger partial charge >= 0.3 is 0 Å². The first kappa shape index (κ1) is 17.7. The van der Waals surface area contributed by atoms with Gasteiger partial charge in [0.25, 0.3) is 0 Å². The zero-order valence-electron chi connectivity index (χ0n) is 15.7. The molecule has 2 aliphatic heterocycles. The standard InChI is InChI=1S/C26H18ClNO/c27-21-12-10-19(11-13-21)23-14-15-24(26(29)20-7-2-1-3-8-20)28-17-16-18-6-4-5-9-22(18)25(23)28/h1-13,15-17H,14H2. The van der Waals surface area contributed by atoms with Crippen molar-refractivity contribution in [3.8, 4) is 0 Å². The minimum atomic E-state index is 0.0299. The number of benzene rings is 3. The zero-order chi connectivity index (χ0) is 19.8. The van der Waals surface area contributed by atoms with E-state index in [2.05, 4.69) is 18.2 Å². The molecule has 0 radical (unpaired) electrons. The zero-order valence-corrected chi connectivity index (χ0v) is 16.4. The molecule has 2 heterocycles. The Morgan fingerprint density at radius 3 is 2.38 bits per heavy atom. The fraction of sp³-hybridized carbons (Fsp3) is 0.0385. The van der Waals surface area contributed by atoms with Crippen molar-refractivity contribution in [1.29, 1.82) is 0 Å². The Kier molecular flexibility index (Phi) is 4.42. The van der Waals surface area contributed by atoms with Gasteiger partial charge in [-0.3, -0.25) is 4.79 Å². The summed E-state index contributed by atoms with van der Waals surface area (Å²) in [6.07, 6.45) is 6.78. The molecule has 0 amide bonds. The number of ketones is 1. The molecule has 0 bridgehead atoms. The fourth-order valence-corrected chi connectivity index (χ4v) is 4.09. The number of fused-ring (bicyclic) bond motifs is 3. The summed E-state index contributed by atoms with van der Waals surface area (Å²) < 4.78 is 0. The highest BCUT2D eigenvalue weighted by molar-refractivity contribution is 6.30. The summed E-state index contributed by atoms with van der Waals surface area (Å²) in [5.74, 6) is 0.0299. The Bertz CT molecular complexity index is 1190. The van der Waals surface area contributed by atoms with Crippen LogP contribution in [0.2, 0.25) is 5.02 Å². The van der Waals surface area contributed by atoms with Crippen molar-refractivity contribution >= 4 is 34.7 Å². The molecule has 29 heavy (non-hydrogen) atoms. The third-order valence-corrected chi connectivity index (χ3v) is 5.62. The summed E-state index contributed by atoms with van der Waals surface area (Å²) in [4.78, 5) is 15.3. The summed E-state index contributed by atoms with van der Waals surface area (Å²) in [5, 5.41) is 0.714. The molecule has 3 heteroatoms. The number of rotatable bonds is 3. The van der Waals surface area contributed by atoms with Crippen molar-refractivity contribution in [3.63, 3.8) is 0 Å². The van der Waals surface area contributed by atoms with Gasteiger partial charge in [0, 0.05) is 22.3 Å². The fourth-order valence-electron chi connectivity index (χ4n) is 3.96. The molecule has 0 aliphatic carbocycles. The average Bonchev–Trinajstić information content (AvgIpc) is 2.79. The first-order chi connectivity index (χ1) is 14.2. The van der Waals surface area contributed by atoms with Crippen LogP contribution in [0, 0.1) is 0 Å². The van der Waals surface area contributed by atoms with Gasteiger partial charge in [0.2, 0.25) is 5.78 Å². The van der Waals surface area contributed by atoms with Crippen LogP contribution in [0.15, 0.2) is 96.8 Å². The highest BCUT2D eigenvalue weighted by Gasteiger charge is 2.30. The second kappa shape index (κ2) is 7.23. The molecule has 0 saturated carbocycles. The maximum Gasteiger partial charge on any atom is 0.209 e. The van der Waals surface area contributed by atoms with E-state index in [1.165, 1.54) is 5.57 Å². The quantitative estimate of drug-likeness (QED) is 0.462. The van der Waals surface area contributed by atoms with Crippen molar-refractivity contribution < 1.29 is 4.79 Å². The van der Waals surface area contributed by atoms with Gasteiger partial charge in [-0.05, 0) is 41.3 Å². The molecule has 3 aromatic rings. The molecule has 0 atom stereocenters. The van der Waals surface area contributed by atoms with E-state index in [1.807, 2.05) is 83.9 Å². The smallest absolute Gasteiger partial charge is 0.209 e. The SMILES string of the molecule is O=C(C1=CCC(c2ccc(Cl)cc2)=C2c3ccccc3C=CN12)c1ccccc1. The Labute approximate surface area is 175 Å². The van der Waals surface area contributed by atoms with Crippen LogP contribution in [0.25, 0.3) is 17.3 Å². The number of Topliss-reactive ketones (excluding diaryl/α,β-unsaturated/α-hetero) is 1. The molecule has 0 N–H and O–H groups in total. The first-order valence-electron chi connectivity index (χ1n) is 9.58. The van der Waals surface area contributed by atoms with Crippen LogP contribution < -0.4 is 0 Å². The highest BCUT2D eigenvalue weighted by Crippen LogP contribution is 2.43. The van der Waals surface area contributed by atoms with E-state index in [4.69, 9.17) is 11.6 Å². The predicted octanol–water partition coefficient (Wildman–Crippen LogP) is 6.67. The lowest BCUT2D eigenvalue weighted by atomic mass is 9.88. The molecular weight excluding hydrogens is 378 g/mol. The maximum atomic E-state index is 13.3. The van der Waals surface area contributed by atoms with Gasteiger partial charge in [0.05, 0.1) is 11.4 Å². The maximum absolute atomic E-state index is 13.3. The third-order valence-electron chi connectivity index (χ3n) is 5.37. The Morgan fingerprint density at radius 1 is 0.862 bits per heavy atom. The second-order valence-corrected chi connectivity index (χ2v) is 7.53. The molecule has 2 aliphatic rings. The predicted molar refractivity (Wildman–Crippen MR) is 119 cm³/mol. The summed E-state index contributed by atoms with van der Waals surface area (Å²) in [6.45, 7) is 0. The van der Waals surface area contributed by atoms with Gasteiger partial charge < -0.3 is 4.90 Å². The lowest BCUT2D eigenvalue weighted by Gasteiger charge is -2.35. The minimum absolute atomic E-state index is 0.0299. The van der Waals surface area contributed by atoms with E-state index in [-0.39, 0.29) is 5.78 Å². The number of hydrogen-bond donors (Lipinski definition) is 0. The molecule has 0 fully saturated rings. The van der Waals surface area contributed by atoms with Gasteiger partial charge in [0.15, 0.2) is 0 Å². The van der Waals surface area contributed by atoms with E-state index < -0.39 is 0 Å². The van der Waals surface area contributed by atoms with Crippen molar-refractivity contribution in [1.82, 2.24) is 4.90 Å². The van der Waals surface area contributed by atoms with Crippen LogP contribution >= 0.6 is 11.6 Å². The first-order valence-corrected chi connectivity index (χ1v) is 9.96. The lowest BCUT2D eigenvalue weighted by molar-refractivity contribution is 0.101. The number of carbonyl (C=O) groups excluding carboxylic acids is 1. The normalized spacial score (nSPS) is 14.9. The van der Waals surface area contributed by atoms with Gasteiger partial charge in [-0.15, -0.1) is 0 Å². The molecular formula is C26H18ClNO. The molecule has 0 aromatic heterocycles. The number of hydrogen-bond acceptors (Lipinski definition) is 2. The van der Waals surface area contributed by atoms with Gasteiger partial charge in [-0.1, -0.05) is 84.4 Å². The number of allylic oxidation sites excluding steroid dienone is 3. The molecule has 5 rings (SSSR count). The Hall–Kier alpha value is -3.36. The van der Waals surface area contributed by atoms with Crippen molar-refractivity contribution in [2.45, 2.75) is 6.42 Å². The largest absolute Gasteiger partial charge is 0.313 e. The summed E-state index contributed by atoms with van der Waals surface area (Å²) in [5.41, 5.74) is 7.03. The molecule has 3 aromatic carbocycles. The number of carbonyl (C=O) groups is 1. The topological polar surface area (TPSA) is 20.3 Å². The van der Waals surface area contributed by atoms with Crippen LogP contribution in [-0.2, 0) is 0 Å². The van der Waals surface area contributed by atoms with Gasteiger partial charge in [-0.2, -0.15) is 0 Å².